The summed E-state index contributed by atoms with van der Waals surface area (Å²) in [4.78, 5) is 18.8. The van der Waals surface area contributed by atoms with Gasteiger partial charge in [-0.2, -0.15) is 0 Å². The molecule has 2 aromatic rings. The minimum atomic E-state index is 0.0134. The van der Waals surface area contributed by atoms with Crippen LogP contribution in [0, 0.1) is 11.3 Å². The van der Waals surface area contributed by atoms with Gasteiger partial charge in [0.2, 0.25) is 5.91 Å². The van der Waals surface area contributed by atoms with Gasteiger partial charge in [0.25, 0.3) is 0 Å². The molecular weight excluding hydrogens is 372 g/mol. The van der Waals surface area contributed by atoms with Crippen LogP contribution < -0.4 is 5.32 Å². The molecule has 1 atom stereocenters. The number of imidazole rings is 1. The lowest BCUT2D eigenvalue weighted by Crippen LogP contribution is -2.32. The number of nitrogens with zero attached hydrogens (tertiary/aromatic N) is 3. The third-order valence-corrected chi connectivity index (χ3v) is 6.77. The van der Waals surface area contributed by atoms with Crippen LogP contribution in [0.1, 0.15) is 71.2 Å². The maximum Gasteiger partial charge on any atom is 0.227 e. The zero-order chi connectivity index (χ0) is 21.7. The number of benzene rings is 1. The summed E-state index contributed by atoms with van der Waals surface area (Å²) < 4.78 is 2.29. The number of aromatic nitrogens is 2. The molecule has 30 heavy (non-hydrogen) atoms. The van der Waals surface area contributed by atoms with Gasteiger partial charge < -0.3 is 14.8 Å². The highest BCUT2D eigenvalue weighted by Gasteiger charge is 2.25. The molecule has 5 heteroatoms. The average molecular weight is 413 g/mol. The number of fused-ring (bicyclic) bond motifs is 1. The van der Waals surface area contributed by atoms with Crippen molar-refractivity contribution in [3.05, 3.63) is 30.1 Å². The number of piperidine rings is 1. The molecule has 1 aliphatic carbocycles. The number of likely N-dealkylation sites (tertiary alicyclic amines) is 1. The fourth-order valence-electron chi connectivity index (χ4n) is 5.19. The molecule has 1 aromatic heterocycles. The number of carbonyl (C=O) groups excluding carboxylic acids is 1. The minimum Gasteiger partial charge on any atom is -0.359 e. The second kappa shape index (κ2) is 9.95. The number of hydrogen-bond acceptors (Lipinski definition) is 3. The molecule has 1 unspecified atom stereocenters. The van der Waals surface area contributed by atoms with E-state index < -0.39 is 0 Å². The van der Waals surface area contributed by atoms with E-state index in [4.69, 9.17) is 0 Å². The largest absolute Gasteiger partial charge is 0.359 e. The Balaban J connectivity index is 0.000000239. The highest BCUT2D eigenvalue weighted by molar-refractivity contribution is 5.81. The van der Waals surface area contributed by atoms with Crippen LogP contribution in [-0.2, 0) is 11.2 Å². The Morgan fingerprint density at radius 3 is 2.50 bits per heavy atom. The van der Waals surface area contributed by atoms with E-state index in [9.17, 15) is 4.79 Å². The molecule has 0 radical (unpaired) electrons. The van der Waals surface area contributed by atoms with E-state index in [1.807, 2.05) is 18.2 Å². The molecule has 5 nitrogen and oxygen atoms in total. The monoisotopic (exact) mass is 412 g/mol. The average Bonchev–Trinajstić information content (AvgIpc) is 3.06. The molecule has 4 rings (SSSR count). The Morgan fingerprint density at radius 1 is 1.20 bits per heavy atom. The third-order valence-electron chi connectivity index (χ3n) is 6.77. The predicted molar refractivity (Wildman–Crippen MR) is 125 cm³/mol. The van der Waals surface area contributed by atoms with Gasteiger partial charge in [-0.1, -0.05) is 45.7 Å². The van der Waals surface area contributed by atoms with E-state index in [1.165, 1.54) is 25.7 Å². The summed E-state index contributed by atoms with van der Waals surface area (Å²) in [6, 6.07) is 8.60. The zero-order valence-electron chi connectivity index (χ0n) is 19.6. The summed E-state index contributed by atoms with van der Waals surface area (Å²) in [7, 11) is 3.83. The molecule has 1 saturated carbocycles. The Kier molecular flexibility index (Phi) is 7.56. The molecule has 2 heterocycles. The Labute approximate surface area is 182 Å². The molecule has 1 saturated heterocycles. The van der Waals surface area contributed by atoms with E-state index in [-0.39, 0.29) is 5.91 Å². The van der Waals surface area contributed by atoms with Crippen molar-refractivity contribution in [2.75, 3.05) is 27.2 Å². The molecular formula is C25H40N4O. The van der Waals surface area contributed by atoms with Crippen molar-refractivity contribution in [3.63, 3.8) is 0 Å². The van der Waals surface area contributed by atoms with Gasteiger partial charge in [0.15, 0.2) is 0 Å². The van der Waals surface area contributed by atoms with E-state index >= 15 is 0 Å². The lowest BCUT2D eigenvalue weighted by atomic mass is 9.73. The topological polar surface area (TPSA) is 50.2 Å². The minimum absolute atomic E-state index is 0.0134. The quantitative estimate of drug-likeness (QED) is 0.787. The van der Waals surface area contributed by atoms with Crippen LogP contribution in [0.5, 0.6) is 0 Å². The standard InChI is InChI=1S/C16H22N4O.C9H18/c1-17-16(21)11-15-18-13-5-3-4-6-14(13)20(15)12-7-9-19(2)10-8-12;1-8-5-4-6-9(2,3)7-8/h3-6,12H,7-11H2,1-2H3,(H,17,21);8H,4-7H2,1-3H3. The highest BCUT2D eigenvalue weighted by atomic mass is 16.1. The Hall–Kier alpha value is -1.88. The summed E-state index contributed by atoms with van der Waals surface area (Å²) in [6.45, 7) is 9.35. The van der Waals surface area contributed by atoms with Crippen molar-refractivity contribution in [2.45, 2.75) is 71.8 Å². The SMILES string of the molecule is CC1CCCC(C)(C)C1.CNC(=O)Cc1nc2ccccc2n1C1CCN(C)CC1. The number of rotatable bonds is 3. The van der Waals surface area contributed by atoms with Crippen molar-refractivity contribution < 1.29 is 4.79 Å². The number of carbonyl (C=O) groups is 1. The van der Waals surface area contributed by atoms with Gasteiger partial charge in [-0.3, -0.25) is 4.79 Å². The van der Waals surface area contributed by atoms with E-state index in [1.54, 1.807) is 7.05 Å². The normalized spacial score (nSPS) is 22.4. The van der Waals surface area contributed by atoms with Crippen molar-refractivity contribution in [3.8, 4) is 0 Å². The lowest BCUT2D eigenvalue weighted by molar-refractivity contribution is -0.120. The van der Waals surface area contributed by atoms with Crippen LogP contribution in [-0.4, -0.2) is 47.5 Å². The Morgan fingerprint density at radius 2 is 1.90 bits per heavy atom. The number of para-hydroxylation sites is 2. The molecule has 1 N–H and O–H groups in total. The number of likely N-dealkylation sites (N-methyl/N-ethyl adjacent to an activating group) is 1. The van der Waals surface area contributed by atoms with Crippen LogP contribution in [0.25, 0.3) is 11.0 Å². The van der Waals surface area contributed by atoms with Gasteiger partial charge in [-0.25, -0.2) is 4.98 Å². The molecule has 0 spiro atoms. The van der Waals surface area contributed by atoms with Crippen LogP contribution in [0.4, 0.5) is 0 Å². The van der Waals surface area contributed by atoms with Gasteiger partial charge in [-0.15, -0.1) is 0 Å². The fraction of sp³-hybridized carbons (Fsp3) is 0.680. The maximum absolute atomic E-state index is 11.8. The fourth-order valence-corrected chi connectivity index (χ4v) is 5.19. The Bertz CT molecular complexity index is 833. The summed E-state index contributed by atoms with van der Waals surface area (Å²) in [5, 5.41) is 2.69. The van der Waals surface area contributed by atoms with Crippen molar-refractivity contribution in [2.24, 2.45) is 11.3 Å². The highest BCUT2D eigenvalue weighted by Crippen LogP contribution is 2.37. The molecule has 166 valence electrons. The molecule has 0 bridgehead atoms. The van der Waals surface area contributed by atoms with Gasteiger partial charge in [0.05, 0.1) is 17.5 Å². The van der Waals surface area contributed by atoms with E-state index in [0.717, 1.165) is 48.7 Å². The number of hydrogen-bond donors (Lipinski definition) is 1. The van der Waals surface area contributed by atoms with Crippen LogP contribution in [0.3, 0.4) is 0 Å². The summed E-state index contributed by atoms with van der Waals surface area (Å²) in [6.07, 6.45) is 8.36. The van der Waals surface area contributed by atoms with Gasteiger partial charge >= 0.3 is 0 Å². The van der Waals surface area contributed by atoms with Gasteiger partial charge in [-0.05, 0) is 69.3 Å². The van der Waals surface area contributed by atoms with Crippen molar-refractivity contribution >= 4 is 16.9 Å². The molecule has 1 aromatic carbocycles. The van der Waals surface area contributed by atoms with Crippen LogP contribution in [0.2, 0.25) is 0 Å². The summed E-state index contributed by atoms with van der Waals surface area (Å²) in [5.74, 6) is 1.87. The van der Waals surface area contributed by atoms with E-state index in [2.05, 4.69) is 53.7 Å². The molecule has 2 fully saturated rings. The van der Waals surface area contributed by atoms with Crippen LogP contribution >= 0.6 is 0 Å². The van der Waals surface area contributed by atoms with Crippen LogP contribution in [0.15, 0.2) is 24.3 Å². The first kappa shape index (κ1) is 22.8. The summed E-state index contributed by atoms with van der Waals surface area (Å²) in [5.41, 5.74) is 2.78. The molecule has 1 amide bonds. The van der Waals surface area contributed by atoms with Gasteiger partial charge in [0, 0.05) is 13.1 Å². The molecule has 1 aliphatic heterocycles. The number of amides is 1. The maximum atomic E-state index is 11.8. The lowest BCUT2D eigenvalue weighted by Gasteiger charge is -2.33. The zero-order valence-corrected chi connectivity index (χ0v) is 19.6. The van der Waals surface area contributed by atoms with E-state index in [0.29, 0.717) is 17.9 Å². The predicted octanol–water partition coefficient (Wildman–Crippen LogP) is 4.81. The van der Waals surface area contributed by atoms with Crippen molar-refractivity contribution in [1.82, 2.24) is 19.8 Å². The van der Waals surface area contributed by atoms with Crippen molar-refractivity contribution in [1.29, 1.82) is 0 Å². The first-order valence-corrected chi connectivity index (χ1v) is 11.6. The number of nitrogens with one attached hydrogen (secondary N) is 1. The first-order chi connectivity index (χ1) is 14.3. The smallest absolute Gasteiger partial charge is 0.227 e. The first-order valence-electron chi connectivity index (χ1n) is 11.6. The molecule has 2 aliphatic rings. The van der Waals surface area contributed by atoms with Gasteiger partial charge in [0.1, 0.15) is 5.82 Å². The third kappa shape index (κ3) is 5.84. The second-order valence-electron chi connectivity index (χ2n) is 10.1. The second-order valence-corrected chi connectivity index (χ2v) is 10.1. The summed E-state index contributed by atoms with van der Waals surface area (Å²) >= 11 is 0.